The van der Waals surface area contributed by atoms with Crippen LogP contribution in [0.5, 0.6) is 0 Å². The topological polar surface area (TPSA) is 98.1 Å². The minimum atomic E-state index is -0.513. The molecular formula is C30H32N6O2. The summed E-state index contributed by atoms with van der Waals surface area (Å²) in [5.41, 5.74) is 4.35. The third kappa shape index (κ3) is 4.44. The smallest absolute Gasteiger partial charge is 0.309 e. The van der Waals surface area contributed by atoms with Crippen molar-refractivity contribution in [3.05, 3.63) is 66.1 Å². The van der Waals surface area contributed by atoms with Gasteiger partial charge in [0.15, 0.2) is 11.3 Å². The van der Waals surface area contributed by atoms with Crippen molar-refractivity contribution in [2.45, 2.75) is 64.9 Å². The number of aryl methyl sites for hydroxylation is 1. The monoisotopic (exact) mass is 513 g/mol. The number of fused-ring (bicyclic) bond motifs is 3. The van der Waals surface area contributed by atoms with Gasteiger partial charge >= 0.3 is 5.97 Å². The Bertz CT molecular complexity index is 1860. The molecule has 1 N–H and O–H groups in total. The number of carbonyl (C=O) groups excluding carboxylic acids is 1. The summed E-state index contributed by atoms with van der Waals surface area (Å²) in [5, 5.41) is 13.1. The Labute approximate surface area is 228 Å². The van der Waals surface area contributed by atoms with E-state index in [-0.39, 0.29) is 41.1 Å². The van der Waals surface area contributed by atoms with Gasteiger partial charge in [-0.1, -0.05) is 36.3 Å². The lowest BCUT2D eigenvalue weighted by molar-refractivity contribution is -0.161. The van der Waals surface area contributed by atoms with Crippen LogP contribution in [-0.2, 0) is 9.53 Å². The van der Waals surface area contributed by atoms with Crippen molar-refractivity contribution in [2.24, 2.45) is 5.92 Å². The van der Waals surface area contributed by atoms with Crippen LogP contribution in [0.3, 0.4) is 0 Å². The van der Waals surface area contributed by atoms with E-state index < -0.39 is 23.7 Å². The Morgan fingerprint density at radius 3 is 2.50 bits per heavy atom. The number of esters is 1. The largest absolute Gasteiger partial charge is 0.460 e. The van der Waals surface area contributed by atoms with Crippen LogP contribution >= 0.6 is 0 Å². The maximum absolute atomic E-state index is 12.7. The lowest BCUT2D eigenvalue weighted by Gasteiger charge is -2.30. The predicted octanol–water partition coefficient (Wildman–Crippen LogP) is 6.26. The van der Waals surface area contributed by atoms with Crippen LogP contribution in [0.4, 0.5) is 0 Å². The first-order valence-corrected chi connectivity index (χ1v) is 12.8. The van der Waals surface area contributed by atoms with Gasteiger partial charge in [0.1, 0.15) is 5.60 Å². The molecule has 1 saturated carbocycles. The highest BCUT2D eigenvalue weighted by Crippen LogP contribution is 2.40. The van der Waals surface area contributed by atoms with E-state index in [1.165, 1.54) is 0 Å². The molecule has 0 bridgehead atoms. The molecule has 8 heteroatoms. The lowest BCUT2D eigenvalue weighted by atomic mass is 9.79. The van der Waals surface area contributed by atoms with E-state index in [0.717, 1.165) is 48.0 Å². The quantitative estimate of drug-likeness (QED) is 0.285. The summed E-state index contributed by atoms with van der Waals surface area (Å²) in [6.45, 7) is 7.62. The first kappa shape index (κ1) is 19.1. The number of hydrogen-bond acceptors (Lipinski definition) is 6. The normalized spacial score (nSPS) is 20.1. The Hall–Kier alpha value is -4.07. The molecule has 0 unspecified atom stereocenters. The molecule has 0 aliphatic heterocycles. The van der Waals surface area contributed by atoms with Gasteiger partial charge in [0, 0.05) is 34.5 Å². The van der Waals surface area contributed by atoms with E-state index in [0.29, 0.717) is 16.9 Å². The van der Waals surface area contributed by atoms with Crippen LogP contribution < -0.4 is 0 Å². The summed E-state index contributed by atoms with van der Waals surface area (Å²) in [5.74, 6) is -0.134. The summed E-state index contributed by atoms with van der Waals surface area (Å²) in [4.78, 5) is 22.3. The van der Waals surface area contributed by atoms with E-state index in [1.807, 2.05) is 27.7 Å². The number of aromatic amines is 1. The Morgan fingerprint density at radius 2 is 1.82 bits per heavy atom. The Kier molecular flexibility index (Phi) is 4.69. The second kappa shape index (κ2) is 9.35. The van der Waals surface area contributed by atoms with E-state index >= 15 is 0 Å². The lowest BCUT2D eigenvalue weighted by Crippen LogP contribution is -2.30. The molecular weight excluding hydrogens is 476 g/mol. The van der Waals surface area contributed by atoms with Crippen LogP contribution in [-0.4, -0.2) is 41.3 Å². The molecule has 0 saturated heterocycles. The van der Waals surface area contributed by atoms with E-state index in [1.54, 1.807) is 29.0 Å². The number of nitrogens with zero attached hydrogens (tertiary/aromatic N) is 5. The van der Waals surface area contributed by atoms with Gasteiger partial charge in [-0.05, 0) is 59.4 Å². The molecule has 4 heterocycles. The van der Waals surface area contributed by atoms with Gasteiger partial charge in [-0.2, -0.15) is 14.7 Å². The molecule has 6 rings (SSSR count). The Balaban J connectivity index is 1.36. The molecule has 0 amide bonds. The van der Waals surface area contributed by atoms with E-state index in [9.17, 15) is 4.79 Å². The number of pyridine rings is 1. The fraction of sp³-hybridized carbons (Fsp3) is 0.367. The fourth-order valence-corrected chi connectivity index (χ4v) is 5.22. The maximum atomic E-state index is 12.7. The average Bonchev–Trinajstić information content (AvgIpc) is 3.58. The molecule has 1 aliphatic rings. The van der Waals surface area contributed by atoms with Crippen molar-refractivity contribution >= 4 is 22.6 Å². The number of carbonyl (C=O) groups is 1. The van der Waals surface area contributed by atoms with Crippen LogP contribution in [0.15, 0.2) is 54.7 Å². The molecule has 4 aromatic heterocycles. The number of nitrogens with one attached hydrogen (secondary N) is 1. The average molecular weight is 514 g/mol. The highest BCUT2D eigenvalue weighted by Gasteiger charge is 2.33. The van der Waals surface area contributed by atoms with Crippen molar-refractivity contribution < 1.29 is 16.4 Å². The van der Waals surface area contributed by atoms with Gasteiger partial charge in [0.2, 0.25) is 0 Å². The summed E-state index contributed by atoms with van der Waals surface area (Å²) in [6.07, 6.45) is 6.34. The molecule has 1 fully saturated rings. The van der Waals surface area contributed by atoms with E-state index in [2.05, 4.69) is 20.3 Å². The second-order valence-corrected chi connectivity index (χ2v) is 10.9. The molecule has 1 aliphatic carbocycles. The van der Waals surface area contributed by atoms with Crippen molar-refractivity contribution in [1.29, 1.82) is 0 Å². The number of rotatable bonds is 4. The molecule has 0 atom stereocenters. The zero-order chi connectivity index (χ0) is 30.8. The van der Waals surface area contributed by atoms with Crippen molar-refractivity contribution in [2.75, 3.05) is 0 Å². The third-order valence-electron chi connectivity index (χ3n) is 7.04. The van der Waals surface area contributed by atoms with Crippen molar-refractivity contribution in [3.63, 3.8) is 0 Å². The van der Waals surface area contributed by atoms with Gasteiger partial charge in [-0.25, -0.2) is 4.98 Å². The van der Waals surface area contributed by atoms with Gasteiger partial charge in [0.05, 0.1) is 35.7 Å². The molecule has 0 spiro atoms. The van der Waals surface area contributed by atoms with Gasteiger partial charge in [-0.15, -0.1) is 0 Å². The van der Waals surface area contributed by atoms with Crippen LogP contribution in [0, 0.1) is 12.8 Å². The highest BCUT2D eigenvalue weighted by atomic mass is 16.6. The SMILES string of the molecule is [2H]c1c([2H])c([2H])c(-c2ccc(-c3cnn4c3nc(C3CCC(C(=O)OC(C)(C)C)CC3)c3c(C)[nH]nc34)cn2)c([2H])c1[2H]. The molecule has 0 radical (unpaired) electrons. The Morgan fingerprint density at radius 1 is 1.05 bits per heavy atom. The van der Waals surface area contributed by atoms with E-state index in [4.69, 9.17) is 16.6 Å². The van der Waals surface area contributed by atoms with Gasteiger partial charge in [-0.3, -0.25) is 14.9 Å². The van der Waals surface area contributed by atoms with Gasteiger partial charge in [0.25, 0.3) is 0 Å². The third-order valence-corrected chi connectivity index (χ3v) is 7.04. The predicted molar refractivity (Wildman–Crippen MR) is 147 cm³/mol. The number of aromatic nitrogens is 6. The van der Waals surface area contributed by atoms with Crippen molar-refractivity contribution in [3.8, 4) is 22.4 Å². The fourth-order valence-electron chi connectivity index (χ4n) is 5.22. The zero-order valence-corrected chi connectivity index (χ0v) is 21.8. The minimum absolute atomic E-state index is 0.0496. The molecule has 8 nitrogen and oxygen atoms in total. The number of H-pyrrole nitrogens is 1. The molecule has 1 aromatic carbocycles. The van der Waals surface area contributed by atoms with Crippen LogP contribution in [0.2, 0.25) is 0 Å². The number of ether oxygens (including phenoxy) is 1. The zero-order valence-electron chi connectivity index (χ0n) is 26.8. The first-order chi connectivity index (χ1) is 20.4. The number of hydrogen-bond donors (Lipinski definition) is 1. The van der Waals surface area contributed by atoms with Crippen LogP contribution in [0.1, 0.15) is 70.6 Å². The molecule has 38 heavy (non-hydrogen) atoms. The van der Waals surface area contributed by atoms with Crippen molar-refractivity contribution in [1.82, 2.24) is 29.8 Å². The van der Waals surface area contributed by atoms with Crippen LogP contribution in [0.25, 0.3) is 39.1 Å². The summed E-state index contributed by atoms with van der Waals surface area (Å²) >= 11 is 0. The maximum Gasteiger partial charge on any atom is 0.309 e. The number of benzene rings is 1. The molecule has 194 valence electrons. The molecule has 5 aromatic rings. The summed E-state index contributed by atoms with van der Waals surface area (Å²) < 4.78 is 47.7. The van der Waals surface area contributed by atoms with Gasteiger partial charge < -0.3 is 4.74 Å². The first-order valence-electron chi connectivity index (χ1n) is 15.3. The second-order valence-electron chi connectivity index (χ2n) is 10.9. The highest BCUT2D eigenvalue weighted by molar-refractivity contribution is 5.87. The minimum Gasteiger partial charge on any atom is -0.460 e. The summed E-state index contributed by atoms with van der Waals surface area (Å²) in [6, 6.07) is 1.58. The standard InChI is InChI=1S/C30H32N6O2/c1-18-25-26(20-10-12-21(13-11-20)29(37)38-30(2,3)4)33-27-23(17-32-36(27)28(25)35-34-18)22-14-15-24(31-16-22)19-8-6-5-7-9-19/h5-9,14-17,20-21H,10-13H2,1-4H3,(H,34,35)/i5D,6D,7D,8D,9D. The summed E-state index contributed by atoms with van der Waals surface area (Å²) in [7, 11) is 0.